The smallest absolute Gasteiger partial charge is 0.336 e. The van der Waals surface area contributed by atoms with Crippen LogP contribution in [0, 0.1) is 0 Å². The molecule has 0 spiro atoms. The van der Waals surface area contributed by atoms with Gasteiger partial charge in [-0.3, -0.25) is 4.79 Å². The van der Waals surface area contributed by atoms with Crippen LogP contribution in [0.4, 0.5) is 0 Å². The third-order valence-corrected chi connectivity index (χ3v) is 2.96. The molecule has 0 aliphatic heterocycles. The first kappa shape index (κ1) is 13.7. The fourth-order valence-corrected chi connectivity index (χ4v) is 1.89. The third-order valence-electron chi connectivity index (χ3n) is 2.96. The van der Waals surface area contributed by atoms with Gasteiger partial charge in [0, 0.05) is 18.2 Å². The Morgan fingerprint density at radius 2 is 1.75 bits per heavy atom. The Labute approximate surface area is 115 Å². The number of aromatic nitrogens is 2. The summed E-state index contributed by atoms with van der Waals surface area (Å²) < 4.78 is 8.44. The van der Waals surface area contributed by atoms with E-state index in [9.17, 15) is 9.59 Å². The lowest BCUT2D eigenvalue weighted by atomic mass is 10.1. The molecule has 0 amide bonds. The first-order valence-corrected chi connectivity index (χ1v) is 5.86. The lowest BCUT2D eigenvalue weighted by Gasteiger charge is -2.02. The topological polar surface area (TPSA) is 71.4 Å². The lowest BCUT2D eigenvalue weighted by molar-refractivity contribution is -0.690. The van der Waals surface area contributed by atoms with Crippen molar-refractivity contribution in [2.75, 3.05) is 0 Å². The molecule has 0 saturated carbocycles. The molecule has 102 valence electrons. The molecular formula is C14H14N2O4+2. The first-order valence-electron chi connectivity index (χ1n) is 5.86. The number of carboxylic acid groups (broad SMARTS) is 1. The van der Waals surface area contributed by atoms with Gasteiger partial charge < -0.3 is 9.84 Å². The Bertz CT molecular complexity index is 683. The molecule has 0 aliphatic rings. The van der Waals surface area contributed by atoms with E-state index in [0.717, 1.165) is 5.69 Å². The number of aryl methyl sites for hydroxylation is 2. The molecule has 1 N–H and O–H groups in total. The fourth-order valence-electron chi connectivity index (χ4n) is 1.89. The standard InChI is InChI=1S/C14H13N2O4/c1-15-5-3-10(14(18)19)7-12(15)13-8-11(20-9-17)4-6-16(13)2/h3-9H,1-2H3/q+1/p+1. The highest BCUT2D eigenvalue weighted by atomic mass is 16.5. The zero-order valence-electron chi connectivity index (χ0n) is 11.1. The largest absolute Gasteiger partial charge is 0.478 e. The molecule has 0 atom stereocenters. The van der Waals surface area contributed by atoms with Crippen LogP contribution < -0.4 is 13.9 Å². The van der Waals surface area contributed by atoms with Crippen LogP contribution in [0.15, 0.2) is 36.7 Å². The van der Waals surface area contributed by atoms with Gasteiger partial charge in [0.1, 0.15) is 19.8 Å². The monoisotopic (exact) mass is 274 g/mol. The maximum Gasteiger partial charge on any atom is 0.336 e. The van der Waals surface area contributed by atoms with Crippen LogP contribution in [-0.2, 0) is 18.9 Å². The molecule has 0 unspecified atom stereocenters. The average Bonchev–Trinajstić information content (AvgIpc) is 2.42. The van der Waals surface area contributed by atoms with Gasteiger partial charge in [0.25, 0.3) is 17.9 Å². The van der Waals surface area contributed by atoms with Gasteiger partial charge in [-0.05, 0) is 0 Å². The molecule has 0 saturated heterocycles. The van der Waals surface area contributed by atoms with Gasteiger partial charge in [-0.2, -0.15) is 9.13 Å². The summed E-state index contributed by atoms with van der Waals surface area (Å²) in [6.07, 6.45) is 3.41. The number of carboxylic acids is 1. The lowest BCUT2D eigenvalue weighted by Crippen LogP contribution is -2.38. The number of carbonyl (C=O) groups excluding carboxylic acids is 1. The molecule has 20 heavy (non-hydrogen) atoms. The van der Waals surface area contributed by atoms with Crippen LogP contribution in [-0.4, -0.2) is 17.5 Å². The number of nitrogens with zero attached hydrogens (tertiary/aromatic N) is 2. The minimum atomic E-state index is -0.991. The number of ether oxygens (including phenoxy) is 1. The molecule has 2 heterocycles. The van der Waals surface area contributed by atoms with E-state index in [1.807, 2.05) is 18.7 Å². The highest BCUT2D eigenvalue weighted by molar-refractivity contribution is 5.88. The predicted molar refractivity (Wildman–Crippen MR) is 67.9 cm³/mol. The number of rotatable bonds is 4. The van der Waals surface area contributed by atoms with Gasteiger partial charge >= 0.3 is 5.97 Å². The highest BCUT2D eigenvalue weighted by Gasteiger charge is 2.22. The van der Waals surface area contributed by atoms with Crippen molar-refractivity contribution in [3.8, 4) is 17.1 Å². The number of aromatic carboxylic acids is 1. The molecule has 0 bridgehead atoms. The molecule has 2 aromatic heterocycles. The quantitative estimate of drug-likeness (QED) is 0.640. The van der Waals surface area contributed by atoms with E-state index in [1.54, 1.807) is 35.2 Å². The van der Waals surface area contributed by atoms with Crippen molar-refractivity contribution in [3.05, 3.63) is 42.2 Å². The van der Waals surface area contributed by atoms with Gasteiger partial charge in [-0.25, -0.2) is 4.79 Å². The normalized spacial score (nSPS) is 10.1. The molecule has 6 nitrogen and oxygen atoms in total. The maximum atomic E-state index is 11.1. The van der Waals surface area contributed by atoms with Crippen molar-refractivity contribution < 1.29 is 28.6 Å². The summed E-state index contributed by atoms with van der Waals surface area (Å²) >= 11 is 0. The van der Waals surface area contributed by atoms with E-state index in [4.69, 9.17) is 9.84 Å². The van der Waals surface area contributed by atoms with Crippen molar-refractivity contribution >= 4 is 12.4 Å². The Kier molecular flexibility index (Phi) is 3.74. The van der Waals surface area contributed by atoms with Gasteiger partial charge in [-0.15, -0.1) is 0 Å². The molecule has 0 aliphatic carbocycles. The summed E-state index contributed by atoms with van der Waals surface area (Å²) in [5, 5.41) is 9.07. The number of pyridine rings is 2. The van der Waals surface area contributed by atoms with E-state index < -0.39 is 5.97 Å². The van der Waals surface area contributed by atoms with E-state index in [1.165, 1.54) is 6.07 Å². The SMILES string of the molecule is C[n+]1ccc(OC=O)cc1-c1cc(C(=O)O)cc[n+]1C. The predicted octanol–water partition coefficient (Wildman–Crippen LogP) is 0.236. The van der Waals surface area contributed by atoms with Crippen molar-refractivity contribution in [2.45, 2.75) is 0 Å². The van der Waals surface area contributed by atoms with E-state index in [-0.39, 0.29) is 5.56 Å². The summed E-state index contributed by atoms with van der Waals surface area (Å²) in [5.74, 6) is -0.594. The summed E-state index contributed by atoms with van der Waals surface area (Å²) in [5.41, 5.74) is 1.62. The number of carbonyl (C=O) groups is 2. The van der Waals surface area contributed by atoms with Gasteiger partial charge in [0.2, 0.25) is 0 Å². The second kappa shape index (κ2) is 5.48. The van der Waals surface area contributed by atoms with Crippen molar-refractivity contribution in [3.63, 3.8) is 0 Å². The molecule has 6 heteroatoms. The molecule has 2 rings (SSSR count). The minimum Gasteiger partial charge on any atom is -0.478 e. The van der Waals surface area contributed by atoms with Crippen molar-refractivity contribution in [1.82, 2.24) is 0 Å². The summed E-state index contributed by atoms with van der Waals surface area (Å²) in [7, 11) is 3.64. The van der Waals surface area contributed by atoms with Crippen LogP contribution in [0.25, 0.3) is 11.4 Å². The summed E-state index contributed by atoms with van der Waals surface area (Å²) in [6.45, 7) is 0.354. The Morgan fingerprint density at radius 3 is 2.35 bits per heavy atom. The van der Waals surface area contributed by atoms with Crippen molar-refractivity contribution in [2.24, 2.45) is 14.1 Å². The summed E-state index contributed by atoms with van der Waals surface area (Å²) in [6, 6.07) is 6.42. The molecule has 0 aromatic carbocycles. The number of hydrogen-bond donors (Lipinski definition) is 1. The Balaban J connectivity index is 2.60. The van der Waals surface area contributed by atoms with Gasteiger partial charge in [0.05, 0.1) is 11.6 Å². The Morgan fingerprint density at radius 1 is 1.15 bits per heavy atom. The van der Waals surface area contributed by atoms with E-state index in [2.05, 4.69) is 0 Å². The molecule has 2 aromatic rings. The fraction of sp³-hybridized carbons (Fsp3) is 0.143. The number of hydrogen-bond acceptors (Lipinski definition) is 3. The molecular weight excluding hydrogens is 260 g/mol. The molecule has 0 radical (unpaired) electrons. The van der Waals surface area contributed by atoms with Gasteiger partial charge in [0.15, 0.2) is 12.4 Å². The minimum absolute atomic E-state index is 0.194. The van der Waals surface area contributed by atoms with Gasteiger partial charge in [-0.1, -0.05) is 0 Å². The van der Waals surface area contributed by atoms with Crippen LogP contribution in [0.1, 0.15) is 10.4 Å². The summed E-state index contributed by atoms with van der Waals surface area (Å²) in [4.78, 5) is 21.5. The zero-order chi connectivity index (χ0) is 14.7. The van der Waals surface area contributed by atoms with Crippen LogP contribution >= 0.6 is 0 Å². The highest BCUT2D eigenvalue weighted by Crippen LogP contribution is 2.17. The average molecular weight is 274 g/mol. The maximum absolute atomic E-state index is 11.1. The zero-order valence-corrected chi connectivity index (χ0v) is 11.1. The second-order valence-electron chi connectivity index (χ2n) is 4.29. The Hall–Kier alpha value is -2.76. The van der Waals surface area contributed by atoms with E-state index >= 15 is 0 Å². The van der Waals surface area contributed by atoms with Crippen LogP contribution in [0.2, 0.25) is 0 Å². The first-order chi connectivity index (χ1) is 9.52. The van der Waals surface area contributed by atoms with Crippen LogP contribution in [0.5, 0.6) is 5.75 Å². The second-order valence-corrected chi connectivity index (χ2v) is 4.29. The molecule has 0 fully saturated rings. The van der Waals surface area contributed by atoms with Crippen molar-refractivity contribution in [1.29, 1.82) is 0 Å². The van der Waals surface area contributed by atoms with E-state index in [0.29, 0.717) is 17.9 Å². The third kappa shape index (κ3) is 2.64. The van der Waals surface area contributed by atoms with Crippen LogP contribution in [0.3, 0.4) is 0 Å².